The van der Waals surface area contributed by atoms with Gasteiger partial charge in [0, 0.05) is 11.6 Å². The molecule has 0 aliphatic carbocycles. The number of carbonyl (C=O) groups is 1. The highest BCUT2D eigenvalue weighted by atomic mass is 32.2. The Hall–Kier alpha value is -3.32. The summed E-state index contributed by atoms with van der Waals surface area (Å²) in [6.45, 7) is 0. The molecule has 0 atom stereocenters. The van der Waals surface area contributed by atoms with Crippen LogP contribution in [0.15, 0.2) is 76.1 Å². The molecule has 35 heavy (non-hydrogen) atoms. The van der Waals surface area contributed by atoms with Crippen LogP contribution in [0, 0.1) is 3.95 Å². The van der Waals surface area contributed by atoms with Crippen molar-refractivity contribution in [1.82, 2.24) is 19.1 Å². The van der Waals surface area contributed by atoms with Crippen LogP contribution in [0.5, 0.6) is 5.75 Å². The number of ether oxygens (including phenoxy) is 1. The number of benzene rings is 2. The third-order valence-corrected chi connectivity index (χ3v) is 7.91. The van der Waals surface area contributed by atoms with E-state index in [0.29, 0.717) is 41.7 Å². The molecule has 176 valence electrons. The van der Waals surface area contributed by atoms with E-state index in [9.17, 15) is 9.59 Å². The second kappa shape index (κ2) is 10.1. The zero-order chi connectivity index (χ0) is 24.4. The topological polar surface area (TPSA) is 91.0 Å². The molecule has 0 aliphatic rings. The Kier molecular flexibility index (Phi) is 6.77. The first-order valence-electron chi connectivity index (χ1n) is 10.3. The zero-order valence-corrected chi connectivity index (χ0v) is 21.5. The van der Waals surface area contributed by atoms with Crippen molar-refractivity contribution in [2.45, 2.75) is 5.16 Å². The second-order valence-corrected chi connectivity index (χ2v) is 10.6. The second-order valence-electron chi connectivity index (χ2n) is 7.07. The number of anilines is 1. The summed E-state index contributed by atoms with van der Waals surface area (Å²) in [6, 6.07) is 16.6. The minimum absolute atomic E-state index is 0.0455. The number of hydrogen-bond donors (Lipinski definition) is 1. The molecule has 0 fully saturated rings. The van der Waals surface area contributed by atoms with Gasteiger partial charge in [0.1, 0.15) is 10.4 Å². The first kappa shape index (κ1) is 23.4. The van der Waals surface area contributed by atoms with E-state index in [-0.39, 0.29) is 17.2 Å². The number of nitrogens with one attached hydrogen (secondary N) is 1. The molecule has 0 aliphatic heterocycles. The van der Waals surface area contributed by atoms with Crippen LogP contribution in [0.2, 0.25) is 0 Å². The zero-order valence-electron chi connectivity index (χ0n) is 18.2. The molecule has 3 aromatic heterocycles. The minimum atomic E-state index is -0.256. The predicted octanol–water partition coefficient (Wildman–Crippen LogP) is 5.16. The van der Waals surface area contributed by atoms with Gasteiger partial charge in [-0.05, 0) is 36.5 Å². The van der Waals surface area contributed by atoms with E-state index in [1.54, 1.807) is 23.3 Å². The highest BCUT2D eigenvalue weighted by Crippen LogP contribution is 2.31. The molecule has 5 rings (SSSR count). The molecule has 0 bridgehead atoms. The van der Waals surface area contributed by atoms with E-state index in [0.717, 1.165) is 0 Å². The lowest BCUT2D eigenvalue weighted by atomic mass is 10.3. The Labute approximate surface area is 216 Å². The number of hydrogen-bond acceptors (Lipinski definition) is 9. The number of para-hydroxylation sites is 3. The standard InChI is InChI=1S/C23H17N5O3S4/c1-31-16-10-6-5-9-15(16)28-19-18(35-23(28)32)20(30)27(14-7-3-2-4-8-14)22(26-19)34-13-17(29)25-21-24-11-12-33-21/h2-12H,13H2,1H3,(H,24,25,29). The summed E-state index contributed by atoms with van der Waals surface area (Å²) < 4.78 is 9.66. The maximum Gasteiger partial charge on any atom is 0.278 e. The van der Waals surface area contributed by atoms with Crippen LogP contribution in [0.25, 0.3) is 21.7 Å². The summed E-state index contributed by atoms with van der Waals surface area (Å²) in [5.41, 5.74) is 1.50. The van der Waals surface area contributed by atoms with Crippen molar-refractivity contribution in [2.75, 3.05) is 18.2 Å². The summed E-state index contributed by atoms with van der Waals surface area (Å²) in [6.07, 6.45) is 1.62. The molecule has 1 N–H and O–H groups in total. The van der Waals surface area contributed by atoms with Crippen LogP contribution in [-0.2, 0) is 4.79 Å². The van der Waals surface area contributed by atoms with Gasteiger partial charge in [0.05, 0.1) is 24.2 Å². The summed E-state index contributed by atoms with van der Waals surface area (Å²) in [5, 5.41) is 5.43. The molecule has 0 saturated carbocycles. The van der Waals surface area contributed by atoms with E-state index in [1.165, 1.54) is 39.0 Å². The number of fused-ring (bicyclic) bond motifs is 1. The fourth-order valence-corrected chi connectivity index (χ4v) is 6.07. The van der Waals surface area contributed by atoms with Gasteiger partial charge in [0.25, 0.3) is 5.56 Å². The number of rotatable bonds is 7. The Morgan fingerprint density at radius 1 is 1.14 bits per heavy atom. The average molecular weight is 540 g/mol. The van der Waals surface area contributed by atoms with Crippen molar-refractivity contribution >= 4 is 68.0 Å². The van der Waals surface area contributed by atoms with Gasteiger partial charge in [-0.15, -0.1) is 11.3 Å². The number of thioether (sulfide) groups is 1. The number of carbonyl (C=O) groups excluding carboxylic acids is 1. The molecule has 0 unspecified atom stereocenters. The van der Waals surface area contributed by atoms with E-state index >= 15 is 0 Å². The van der Waals surface area contributed by atoms with Crippen LogP contribution >= 0.6 is 46.7 Å². The van der Waals surface area contributed by atoms with Crippen LogP contribution in [0.1, 0.15) is 0 Å². The Morgan fingerprint density at radius 3 is 2.66 bits per heavy atom. The summed E-state index contributed by atoms with van der Waals surface area (Å²) in [5.74, 6) is 0.407. The molecule has 1 amide bonds. The quantitative estimate of drug-likeness (QED) is 0.173. The molecule has 2 aromatic carbocycles. The van der Waals surface area contributed by atoms with Gasteiger partial charge in [-0.1, -0.05) is 53.4 Å². The Bertz CT molecular complexity index is 1620. The average Bonchev–Trinajstić information content (AvgIpc) is 3.50. The van der Waals surface area contributed by atoms with Crippen LogP contribution in [0.3, 0.4) is 0 Å². The Morgan fingerprint density at radius 2 is 1.91 bits per heavy atom. The lowest BCUT2D eigenvalue weighted by Gasteiger charge is -2.13. The fourth-order valence-electron chi connectivity index (χ4n) is 3.43. The van der Waals surface area contributed by atoms with Crippen molar-refractivity contribution < 1.29 is 9.53 Å². The normalized spacial score (nSPS) is 11.0. The molecule has 0 spiro atoms. The molecule has 0 saturated heterocycles. The van der Waals surface area contributed by atoms with Gasteiger partial charge < -0.3 is 10.1 Å². The molecular weight excluding hydrogens is 523 g/mol. The van der Waals surface area contributed by atoms with Gasteiger partial charge in [-0.25, -0.2) is 9.97 Å². The first-order chi connectivity index (χ1) is 17.1. The van der Waals surface area contributed by atoms with E-state index in [2.05, 4.69) is 10.3 Å². The van der Waals surface area contributed by atoms with Crippen molar-refractivity contribution in [2.24, 2.45) is 0 Å². The molecule has 0 radical (unpaired) electrons. The first-order valence-corrected chi connectivity index (χ1v) is 13.4. The molecule has 5 aromatic rings. The van der Waals surface area contributed by atoms with Crippen molar-refractivity contribution in [3.05, 3.63) is 80.5 Å². The van der Waals surface area contributed by atoms with Gasteiger partial charge >= 0.3 is 0 Å². The minimum Gasteiger partial charge on any atom is -0.495 e. The highest BCUT2D eigenvalue weighted by molar-refractivity contribution is 7.99. The summed E-state index contributed by atoms with van der Waals surface area (Å²) in [4.78, 5) is 35.2. The van der Waals surface area contributed by atoms with Gasteiger partial charge in [0.15, 0.2) is 19.9 Å². The number of thiazole rings is 2. The predicted molar refractivity (Wildman–Crippen MR) is 143 cm³/mol. The molecule has 12 heteroatoms. The number of amides is 1. The largest absolute Gasteiger partial charge is 0.495 e. The summed E-state index contributed by atoms with van der Waals surface area (Å²) in [7, 11) is 1.58. The lowest BCUT2D eigenvalue weighted by molar-refractivity contribution is -0.113. The van der Waals surface area contributed by atoms with E-state index < -0.39 is 0 Å². The van der Waals surface area contributed by atoms with Crippen molar-refractivity contribution in [3.63, 3.8) is 0 Å². The summed E-state index contributed by atoms with van der Waals surface area (Å²) >= 11 is 9.33. The third-order valence-electron chi connectivity index (χ3n) is 4.93. The highest BCUT2D eigenvalue weighted by Gasteiger charge is 2.21. The van der Waals surface area contributed by atoms with E-state index in [1.807, 2.05) is 54.6 Å². The van der Waals surface area contributed by atoms with Gasteiger partial charge in [-0.3, -0.25) is 18.7 Å². The van der Waals surface area contributed by atoms with Gasteiger partial charge in [-0.2, -0.15) is 0 Å². The smallest absolute Gasteiger partial charge is 0.278 e. The number of nitrogens with zero attached hydrogens (tertiary/aromatic N) is 4. The number of aromatic nitrogens is 4. The monoisotopic (exact) mass is 539 g/mol. The third kappa shape index (κ3) is 4.65. The molecule has 8 nitrogen and oxygen atoms in total. The maximum atomic E-state index is 13.7. The SMILES string of the molecule is COc1ccccc1-n1c(=S)sc2c(=O)n(-c3ccccc3)c(SCC(=O)Nc3nccs3)nc21. The maximum absolute atomic E-state index is 13.7. The Balaban J connectivity index is 1.65. The molecule has 3 heterocycles. The van der Waals surface area contributed by atoms with Crippen LogP contribution in [-0.4, -0.2) is 37.9 Å². The van der Waals surface area contributed by atoms with Crippen LogP contribution in [0.4, 0.5) is 5.13 Å². The molecular formula is C23H17N5O3S4. The van der Waals surface area contributed by atoms with Crippen molar-refractivity contribution in [3.8, 4) is 17.1 Å². The van der Waals surface area contributed by atoms with Crippen molar-refractivity contribution in [1.29, 1.82) is 0 Å². The number of methoxy groups -OCH3 is 1. The van der Waals surface area contributed by atoms with Gasteiger partial charge in [0.2, 0.25) is 5.91 Å². The van der Waals surface area contributed by atoms with E-state index in [4.69, 9.17) is 21.9 Å². The van der Waals surface area contributed by atoms with Crippen LogP contribution < -0.4 is 15.6 Å². The fraction of sp³-hybridized carbons (Fsp3) is 0.0870. The lowest BCUT2D eigenvalue weighted by Crippen LogP contribution is -2.22.